The topological polar surface area (TPSA) is 58.6 Å². The monoisotopic (exact) mass is 478 g/mol. The van der Waals surface area contributed by atoms with Crippen LogP contribution in [-0.4, -0.2) is 35.9 Å². The number of halogens is 1. The first kappa shape index (κ1) is 25.3. The van der Waals surface area contributed by atoms with Crippen LogP contribution in [-0.2, 0) is 22.6 Å². The highest BCUT2D eigenvalue weighted by Gasteiger charge is 2.30. The van der Waals surface area contributed by atoms with Gasteiger partial charge in [0.25, 0.3) is 5.91 Å². The van der Waals surface area contributed by atoms with Gasteiger partial charge in [-0.2, -0.15) is 0 Å². The Morgan fingerprint density at radius 2 is 1.68 bits per heavy atom. The van der Waals surface area contributed by atoms with Crippen molar-refractivity contribution in [1.29, 1.82) is 0 Å². The van der Waals surface area contributed by atoms with Gasteiger partial charge in [0.1, 0.15) is 11.8 Å². The van der Waals surface area contributed by atoms with Crippen LogP contribution in [0.15, 0.2) is 72.8 Å². The van der Waals surface area contributed by atoms with E-state index < -0.39 is 6.04 Å². The summed E-state index contributed by atoms with van der Waals surface area (Å²) in [7, 11) is 0. The van der Waals surface area contributed by atoms with E-state index in [0.29, 0.717) is 23.7 Å². The molecule has 6 heteroatoms. The van der Waals surface area contributed by atoms with Crippen LogP contribution in [0.2, 0.25) is 5.02 Å². The number of hydrogen-bond acceptors (Lipinski definition) is 3. The lowest BCUT2D eigenvalue weighted by atomic mass is 10.0. The van der Waals surface area contributed by atoms with Crippen LogP contribution in [0.25, 0.3) is 0 Å². The number of benzene rings is 3. The molecule has 5 nitrogen and oxygen atoms in total. The van der Waals surface area contributed by atoms with Crippen LogP contribution in [0, 0.1) is 13.8 Å². The highest BCUT2D eigenvalue weighted by Crippen LogP contribution is 2.22. The molecule has 0 aromatic heterocycles. The average Bonchev–Trinajstić information content (AvgIpc) is 2.83. The summed E-state index contributed by atoms with van der Waals surface area (Å²) < 4.78 is 5.91. The van der Waals surface area contributed by atoms with Gasteiger partial charge in [0.15, 0.2) is 6.61 Å². The van der Waals surface area contributed by atoms with E-state index in [1.807, 2.05) is 87.5 Å². The van der Waals surface area contributed by atoms with Gasteiger partial charge in [-0.3, -0.25) is 9.59 Å². The van der Waals surface area contributed by atoms with Crippen LogP contribution in [0.1, 0.15) is 29.2 Å². The quantitative estimate of drug-likeness (QED) is 0.440. The molecule has 1 N–H and O–H groups in total. The maximum atomic E-state index is 13.5. The number of carbonyl (C=O) groups is 2. The van der Waals surface area contributed by atoms with Crippen LogP contribution in [0.5, 0.6) is 5.75 Å². The van der Waals surface area contributed by atoms with Crippen molar-refractivity contribution >= 4 is 23.4 Å². The molecule has 178 valence electrons. The van der Waals surface area contributed by atoms with E-state index in [-0.39, 0.29) is 25.0 Å². The average molecular weight is 479 g/mol. The lowest BCUT2D eigenvalue weighted by Crippen LogP contribution is -2.51. The first-order valence-corrected chi connectivity index (χ1v) is 11.8. The molecule has 0 bridgehead atoms. The molecular formula is C28H31ClN2O3. The van der Waals surface area contributed by atoms with Crippen molar-refractivity contribution in [3.63, 3.8) is 0 Å². The van der Waals surface area contributed by atoms with Gasteiger partial charge in [-0.1, -0.05) is 66.2 Å². The van der Waals surface area contributed by atoms with Gasteiger partial charge in [-0.05, 0) is 61.2 Å². The van der Waals surface area contributed by atoms with Gasteiger partial charge < -0.3 is 15.0 Å². The van der Waals surface area contributed by atoms with Gasteiger partial charge >= 0.3 is 0 Å². The molecule has 0 fully saturated rings. The number of amides is 2. The third-order valence-electron chi connectivity index (χ3n) is 5.77. The molecule has 0 aliphatic carbocycles. The van der Waals surface area contributed by atoms with E-state index in [9.17, 15) is 9.59 Å². The maximum absolute atomic E-state index is 13.5. The van der Waals surface area contributed by atoms with Crippen molar-refractivity contribution in [2.24, 2.45) is 0 Å². The summed E-state index contributed by atoms with van der Waals surface area (Å²) in [6.07, 6.45) is 0.391. The first-order valence-electron chi connectivity index (χ1n) is 11.4. The smallest absolute Gasteiger partial charge is 0.261 e. The van der Waals surface area contributed by atoms with E-state index in [1.54, 1.807) is 11.0 Å². The van der Waals surface area contributed by atoms with Crippen LogP contribution in [0.4, 0.5) is 0 Å². The van der Waals surface area contributed by atoms with Crippen LogP contribution < -0.4 is 10.1 Å². The minimum atomic E-state index is -0.698. The number of likely N-dealkylation sites (N-methyl/N-ethyl adjacent to an activating group) is 1. The summed E-state index contributed by atoms with van der Waals surface area (Å²) in [4.78, 5) is 28.3. The van der Waals surface area contributed by atoms with Crippen LogP contribution in [0.3, 0.4) is 0 Å². The first-order chi connectivity index (χ1) is 16.4. The molecule has 34 heavy (non-hydrogen) atoms. The molecular weight excluding hydrogens is 448 g/mol. The van der Waals surface area contributed by atoms with Crippen molar-refractivity contribution < 1.29 is 14.3 Å². The third-order valence-corrected chi connectivity index (χ3v) is 6.01. The van der Waals surface area contributed by atoms with Crippen molar-refractivity contribution in [3.8, 4) is 5.75 Å². The fourth-order valence-electron chi connectivity index (χ4n) is 3.78. The van der Waals surface area contributed by atoms with Gasteiger partial charge in [-0.15, -0.1) is 0 Å². The number of aryl methyl sites for hydroxylation is 1. The molecule has 1 atom stereocenters. The zero-order chi connectivity index (χ0) is 24.5. The van der Waals surface area contributed by atoms with E-state index in [1.165, 1.54) is 0 Å². The van der Waals surface area contributed by atoms with E-state index >= 15 is 0 Å². The maximum Gasteiger partial charge on any atom is 0.261 e. The minimum Gasteiger partial charge on any atom is -0.483 e. The largest absolute Gasteiger partial charge is 0.483 e. The second-order valence-electron chi connectivity index (χ2n) is 8.24. The molecule has 0 heterocycles. The highest BCUT2D eigenvalue weighted by atomic mass is 35.5. The summed E-state index contributed by atoms with van der Waals surface area (Å²) in [5.74, 6) is 0.190. The van der Waals surface area contributed by atoms with Crippen molar-refractivity contribution in [2.75, 3.05) is 13.2 Å². The summed E-state index contributed by atoms with van der Waals surface area (Å²) in [5.41, 5.74) is 3.89. The predicted molar refractivity (Wildman–Crippen MR) is 136 cm³/mol. The van der Waals surface area contributed by atoms with Crippen LogP contribution >= 0.6 is 11.6 Å². The van der Waals surface area contributed by atoms with Gasteiger partial charge in [0.2, 0.25) is 5.91 Å². The SMILES string of the molecule is CCNC(=O)[C@@H](Cc1ccccc1)N(Cc1cccc(Cl)c1)C(=O)COc1cccc(C)c1C. The molecule has 0 saturated heterocycles. The van der Waals surface area contributed by atoms with E-state index in [4.69, 9.17) is 16.3 Å². The third kappa shape index (κ3) is 6.84. The fraction of sp³-hybridized carbons (Fsp3) is 0.286. The number of hydrogen-bond donors (Lipinski definition) is 1. The van der Waals surface area contributed by atoms with Gasteiger partial charge in [0, 0.05) is 24.5 Å². The molecule has 0 saturated carbocycles. The van der Waals surface area contributed by atoms with Gasteiger partial charge in [-0.25, -0.2) is 0 Å². The Morgan fingerprint density at radius 3 is 2.38 bits per heavy atom. The Bertz CT molecular complexity index is 1120. The lowest BCUT2D eigenvalue weighted by Gasteiger charge is -2.31. The summed E-state index contributed by atoms with van der Waals surface area (Å²) in [6, 6.07) is 22.1. The molecule has 2 amide bonds. The zero-order valence-electron chi connectivity index (χ0n) is 19.9. The Labute approximate surface area is 206 Å². The second kappa shape index (κ2) is 12.2. The Morgan fingerprint density at radius 1 is 0.971 bits per heavy atom. The molecule has 3 aromatic rings. The Balaban J connectivity index is 1.91. The number of nitrogens with zero attached hydrogens (tertiary/aromatic N) is 1. The summed E-state index contributed by atoms with van der Waals surface area (Å²) in [6.45, 7) is 6.37. The number of nitrogens with one attached hydrogen (secondary N) is 1. The van der Waals surface area contributed by atoms with Crippen molar-refractivity contribution in [2.45, 2.75) is 39.8 Å². The van der Waals surface area contributed by atoms with Crippen molar-refractivity contribution in [3.05, 3.63) is 100 Å². The summed E-state index contributed by atoms with van der Waals surface area (Å²) >= 11 is 6.20. The molecule has 0 spiro atoms. The number of ether oxygens (including phenoxy) is 1. The fourth-order valence-corrected chi connectivity index (χ4v) is 3.99. The molecule has 0 aliphatic rings. The molecule has 3 aromatic carbocycles. The van der Waals surface area contributed by atoms with Gasteiger partial charge in [0.05, 0.1) is 0 Å². The highest BCUT2D eigenvalue weighted by molar-refractivity contribution is 6.30. The molecule has 0 radical (unpaired) electrons. The zero-order valence-corrected chi connectivity index (χ0v) is 20.6. The standard InChI is InChI=1S/C28H31ClN2O3/c1-4-30-28(33)25(17-22-11-6-5-7-12-22)31(18-23-13-9-14-24(29)16-23)27(32)19-34-26-15-8-10-20(2)21(26)3/h5-16,25H,4,17-19H2,1-3H3,(H,30,33)/t25-/m1/s1. The Kier molecular flexibility index (Phi) is 9.11. The normalized spacial score (nSPS) is 11.5. The number of carbonyl (C=O) groups excluding carboxylic acids is 2. The van der Waals surface area contributed by atoms with E-state index in [0.717, 1.165) is 22.3 Å². The van der Waals surface area contributed by atoms with E-state index in [2.05, 4.69) is 5.32 Å². The Hall–Kier alpha value is -3.31. The van der Waals surface area contributed by atoms with Crippen molar-refractivity contribution in [1.82, 2.24) is 10.2 Å². The summed E-state index contributed by atoms with van der Waals surface area (Å²) in [5, 5.41) is 3.47. The molecule has 0 aliphatic heterocycles. The number of rotatable bonds is 10. The predicted octanol–water partition coefficient (Wildman–Crippen LogP) is 5.11. The second-order valence-corrected chi connectivity index (χ2v) is 8.67. The molecule has 3 rings (SSSR count). The minimum absolute atomic E-state index is 0.171. The molecule has 0 unspecified atom stereocenters. The lowest BCUT2D eigenvalue weighted by molar-refractivity contribution is -0.142.